The highest BCUT2D eigenvalue weighted by Crippen LogP contribution is 2.19. The van der Waals surface area contributed by atoms with Crippen molar-refractivity contribution in [1.29, 1.82) is 0 Å². The fourth-order valence-corrected chi connectivity index (χ4v) is 2.18. The number of nitrogens with one attached hydrogen (secondary N) is 2. The number of ether oxygens (including phenoxy) is 1. The molecule has 2 N–H and O–H groups in total. The molecule has 0 aromatic carbocycles. The van der Waals surface area contributed by atoms with Gasteiger partial charge in [0, 0.05) is 44.6 Å². The number of anilines is 1. The normalized spacial score (nSPS) is 19.2. The van der Waals surface area contributed by atoms with Gasteiger partial charge in [0.15, 0.2) is 0 Å². The third kappa shape index (κ3) is 4.37. The van der Waals surface area contributed by atoms with E-state index in [9.17, 15) is 4.79 Å². The molecule has 2 aliphatic rings. The number of hydrogen-bond acceptors (Lipinski definition) is 6. The minimum absolute atomic E-state index is 0.0858. The predicted octanol–water partition coefficient (Wildman–Crippen LogP) is 0.113. The minimum Gasteiger partial charge on any atom is -0.379 e. The van der Waals surface area contributed by atoms with E-state index >= 15 is 0 Å². The van der Waals surface area contributed by atoms with Crippen molar-refractivity contribution in [3.05, 3.63) is 18.0 Å². The van der Waals surface area contributed by atoms with Gasteiger partial charge in [-0.3, -0.25) is 9.69 Å². The maximum Gasteiger partial charge on any atom is 0.254 e. The van der Waals surface area contributed by atoms with E-state index in [1.165, 1.54) is 0 Å². The van der Waals surface area contributed by atoms with Crippen molar-refractivity contribution in [2.45, 2.75) is 18.9 Å². The molecule has 1 amide bonds. The van der Waals surface area contributed by atoms with E-state index in [0.717, 1.165) is 52.2 Å². The van der Waals surface area contributed by atoms with Gasteiger partial charge in [-0.2, -0.15) is 0 Å². The summed E-state index contributed by atoms with van der Waals surface area (Å²) in [6.45, 7) is 5.29. The fraction of sp³-hybridized carbons (Fsp3) is 0.643. The van der Waals surface area contributed by atoms with Crippen LogP contribution in [0, 0.1) is 0 Å². The highest BCUT2D eigenvalue weighted by molar-refractivity contribution is 5.94. The Morgan fingerprint density at radius 2 is 2.00 bits per heavy atom. The van der Waals surface area contributed by atoms with Gasteiger partial charge in [-0.1, -0.05) is 0 Å². The average Bonchev–Trinajstić information content (AvgIpc) is 3.33. The second-order valence-electron chi connectivity index (χ2n) is 5.42. The van der Waals surface area contributed by atoms with Crippen molar-refractivity contribution in [2.75, 3.05) is 44.7 Å². The van der Waals surface area contributed by atoms with Crippen LogP contribution in [0.3, 0.4) is 0 Å². The van der Waals surface area contributed by atoms with Gasteiger partial charge < -0.3 is 15.4 Å². The van der Waals surface area contributed by atoms with Crippen LogP contribution >= 0.6 is 0 Å². The molecule has 2 fully saturated rings. The van der Waals surface area contributed by atoms with Crippen LogP contribution in [0.2, 0.25) is 0 Å². The number of nitrogens with zero attached hydrogens (tertiary/aromatic N) is 3. The Hall–Kier alpha value is -1.73. The SMILES string of the molecule is O=C(NC1CC1)c1cnc(NCCN2CCOCC2)nc1. The van der Waals surface area contributed by atoms with E-state index in [-0.39, 0.29) is 5.91 Å². The lowest BCUT2D eigenvalue weighted by Crippen LogP contribution is -2.39. The fourth-order valence-electron chi connectivity index (χ4n) is 2.18. The maximum absolute atomic E-state index is 11.8. The van der Waals surface area contributed by atoms with Gasteiger partial charge in [-0.25, -0.2) is 9.97 Å². The van der Waals surface area contributed by atoms with Crippen molar-refractivity contribution < 1.29 is 9.53 Å². The molecule has 3 rings (SSSR count). The van der Waals surface area contributed by atoms with Gasteiger partial charge >= 0.3 is 0 Å². The van der Waals surface area contributed by atoms with Gasteiger partial charge in [0.25, 0.3) is 5.91 Å². The monoisotopic (exact) mass is 291 g/mol. The molecule has 7 heteroatoms. The Labute approximate surface area is 124 Å². The first-order valence-corrected chi connectivity index (χ1v) is 7.48. The molecular weight excluding hydrogens is 270 g/mol. The second kappa shape index (κ2) is 6.82. The van der Waals surface area contributed by atoms with Crippen LogP contribution in [0.1, 0.15) is 23.2 Å². The third-order valence-electron chi connectivity index (χ3n) is 3.64. The van der Waals surface area contributed by atoms with Crippen LogP contribution < -0.4 is 10.6 Å². The maximum atomic E-state index is 11.8. The summed E-state index contributed by atoms with van der Waals surface area (Å²) in [5.74, 6) is 0.476. The molecule has 7 nitrogen and oxygen atoms in total. The Morgan fingerprint density at radius 3 is 2.67 bits per heavy atom. The summed E-state index contributed by atoms with van der Waals surface area (Å²) < 4.78 is 5.31. The molecule has 1 aromatic heterocycles. The molecule has 0 unspecified atom stereocenters. The minimum atomic E-state index is -0.0858. The molecule has 0 radical (unpaired) electrons. The Kier molecular flexibility index (Phi) is 4.62. The molecular formula is C14H21N5O2. The number of amides is 1. The number of rotatable bonds is 6. The van der Waals surface area contributed by atoms with E-state index < -0.39 is 0 Å². The van der Waals surface area contributed by atoms with Crippen LogP contribution in [0.5, 0.6) is 0 Å². The molecule has 0 spiro atoms. The number of carbonyl (C=O) groups is 1. The second-order valence-corrected chi connectivity index (χ2v) is 5.42. The summed E-state index contributed by atoms with van der Waals surface area (Å²) in [7, 11) is 0. The first-order chi connectivity index (χ1) is 10.3. The highest BCUT2D eigenvalue weighted by atomic mass is 16.5. The van der Waals surface area contributed by atoms with E-state index in [0.29, 0.717) is 17.6 Å². The van der Waals surface area contributed by atoms with E-state index in [1.54, 1.807) is 12.4 Å². The molecule has 0 bridgehead atoms. The average molecular weight is 291 g/mol. The zero-order chi connectivity index (χ0) is 14.5. The molecule has 1 saturated heterocycles. The Morgan fingerprint density at radius 1 is 1.29 bits per heavy atom. The number of morpholine rings is 1. The summed E-state index contributed by atoms with van der Waals surface area (Å²) in [6.07, 6.45) is 5.30. The first kappa shape index (κ1) is 14.2. The van der Waals surface area contributed by atoms with E-state index in [4.69, 9.17) is 4.74 Å². The Balaban J connectivity index is 1.42. The van der Waals surface area contributed by atoms with Gasteiger partial charge in [-0.05, 0) is 12.8 Å². The van der Waals surface area contributed by atoms with Gasteiger partial charge in [0.1, 0.15) is 0 Å². The smallest absolute Gasteiger partial charge is 0.254 e. The van der Waals surface area contributed by atoms with Crippen molar-refractivity contribution in [2.24, 2.45) is 0 Å². The standard InChI is InChI=1S/C14H21N5O2/c20-13(18-12-1-2-12)11-9-16-14(17-10-11)15-3-4-19-5-7-21-8-6-19/h9-10,12H,1-8H2,(H,18,20)(H,15,16,17). The van der Waals surface area contributed by atoms with Crippen molar-refractivity contribution in [1.82, 2.24) is 20.2 Å². The molecule has 2 heterocycles. The topological polar surface area (TPSA) is 79.4 Å². The summed E-state index contributed by atoms with van der Waals surface area (Å²) in [5, 5.41) is 6.09. The zero-order valence-corrected chi connectivity index (χ0v) is 12.0. The quantitative estimate of drug-likeness (QED) is 0.774. The van der Waals surface area contributed by atoms with Crippen LogP contribution in [0.4, 0.5) is 5.95 Å². The number of aromatic nitrogens is 2. The molecule has 1 aliphatic heterocycles. The Bertz CT molecular complexity index is 469. The third-order valence-corrected chi connectivity index (χ3v) is 3.64. The molecule has 0 atom stereocenters. The lowest BCUT2D eigenvalue weighted by Gasteiger charge is -2.26. The summed E-state index contributed by atoms with van der Waals surface area (Å²) in [6, 6.07) is 0.351. The molecule has 21 heavy (non-hydrogen) atoms. The predicted molar refractivity (Wildman–Crippen MR) is 78.3 cm³/mol. The number of hydrogen-bond donors (Lipinski definition) is 2. The van der Waals surface area contributed by atoms with Crippen LogP contribution in [0.25, 0.3) is 0 Å². The molecule has 1 aliphatic carbocycles. The van der Waals surface area contributed by atoms with Crippen molar-refractivity contribution >= 4 is 11.9 Å². The summed E-state index contributed by atoms with van der Waals surface area (Å²) in [4.78, 5) is 22.5. The van der Waals surface area contributed by atoms with Gasteiger partial charge in [0.05, 0.1) is 18.8 Å². The van der Waals surface area contributed by atoms with Crippen LogP contribution in [-0.4, -0.2) is 66.2 Å². The molecule has 1 saturated carbocycles. The summed E-state index contributed by atoms with van der Waals surface area (Å²) >= 11 is 0. The lowest BCUT2D eigenvalue weighted by molar-refractivity contribution is 0.0398. The first-order valence-electron chi connectivity index (χ1n) is 7.48. The largest absolute Gasteiger partial charge is 0.379 e. The van der Waals surface area contributed by atoms with Crippen molar-refractivity contribution in [3.63, 3.8) is 0 Å². The zero-order valence-electron chi connectivity index (χ0n) is 12.0. The molecule has 114 valence electrons. The molecule has 1 aromatic rings. The van der Waals surface area contributed by atoms with Crippen LogP contribution in [-0.2, 0) is 4.74 Å². The number of carbonyl (C=O) groups excluding carboxylic acids is 1. The lowest BCUT2D eigenvalue weighted by atomic mass is 10.3. The van der Waals surface area contributed by atoms with E-state index in [1.807, 2.05) is 0 Å². The van der Waals surface area contributed by atoms with Crippen molar-refractivity contribution in [3.8, 4) is 0 Å². The van der Waals surface area contributed by atoms with E-state index in [2.05, 4.69) is 25.5 Å². The van der Waals surface area contributed by atoms with Gasteiger partial charge in [0.2, 0.25) is 5.95 Å². The highest BCUT2D eigenvalue weighted by Gasteiger charge is 2.23. The van der Waals surface area contributed by atoms with Gasteiger partial charge in [-0.15, -0.1) is 0 Å². The van der Waals surface area contributed by atoms with Crippen LogP contribution in [0.15, 0.2) is 12.4 Å². The summed E-state index contributed by atoms with van der Waals surface area (Å²) in [5.41, 5.74) is 0.514.